The summed E-state index contributed by atoms with van der Waals surface area (Å²) in [4.78, 5) is 4.89. The fraction of sp³-hybridized carbons (Fsp3) is 0.727. The molecule has 0 unspecified atom stereocenters. The van der Waals surface area contributed by atoms with Gasteiger partial charge in [0.15, 0.2) is 0 Å². The number of nitrogens with one attached hydrogen (secondary N) is 4. The molecule has 2 fully saturated rings. The molecule has 0 spiro atoms. The third-order valence-electron chi connectivity index (χ3n) is 6.43. The summed E-state index contributed by atoms with van der Waals surface area (Å²) in [5, 5.41) is 15.2. The van der Waals surface area contributed by atoms with E-state index in [0.29, 0.717) is 24.2 Å². The van der Waals surface area contributed by atoms with Gasteiger partial charge in [0.2, 0.25) is 0 Å². The van der Waals surface area contributed by atoms with Crippen molar-refractivity contribution in [2.24, 2.45) is 0 Å². The van der Waals surface area contributed by atoms with Crippen molar-refractivity contribution in [2.75, 3.05) is 13.1 Å². The van der Waals surface area contributed by atoms with Crippen LogP contribution in [0.15, 0.2) is 18.2 Å². The van der Waals surface area contributed by atoms with Crippen LogP contribution in [0.25, 0.3) is 0 Å². The van der Waals surface area contributed by atoms with Gasteiger partial charge in [-0.2, -0.15) is 0 Å². The van der Waals surface area contributed by atoms with Gasteiger partial charge in [0.05, 0.1) is 11.4 Å². The molecule has 4 atom stereocenters. The predicted octanol–water partition coefficient (Wildman–Crippen LogP) is 3.90. The van der Waals surface area contributed by atoms with Crippen LogP contribution in [0, 0.1) is 7.43 Å². The van der Waals surface area contributed by atoms with Crippen molar-refractivity contribution in [1.29, 1.82) is 0 Å². The summed E-state index contributed by atoms with van der Waals surface area (Å²) < 4.78 is 0. The van der Waals surface area contributed by atoms with Crippen LogP contribution in [-0.4, -0.2) is 42.2 Å². The average Bonchev–Trinajstić information content (AvgIpc) is 2.76. The zero-order chi connectivity index (χ0) is 20.3. The third kappa shape index (κ3) is 8.55. The molecule has 8 heteroatoms. The first-order chi connectivity index (χ1) is 14.3. The fourth-order valence-corrected chi connectivity index (χ4v) is 4.95. The average molecular weight is 498 g/mol. The Morgan fingerprint density at radius 3 is 1.47 bits per heavy atom. The van der Waals surface area contributed by atoms with E-state index in [9.17, 15) is 0 Å². The summed E-state index contributed by atoms with van der Waals surface area (Å²) >= 11 is 0.00694. The molecule has 2 saturated carbocycles. The van der Waals surface area contributed by atoms with Gasteiger partial charge in [0.25, 0.3) is 0 Å². The molecule has 4 N–H and O–H groups in total. The molecule has 1 aliphatic heterocycles. The summed E-state index contributed by atoms with van der Waals surface area (Å²) in [6, 6.07) is 8.81. The summed E-state index contributed by atoms with van der Waals surface area (Å²) in [6.45, 7) is 3.89. The molecule has 3 aliphatic rings. The van der Waals surface area contributed by atoms with Gasteiger partial charge >= 0.3 is 33.3 Å². The van der Waals surface area contributed by atoms with Gasteiger partial charge in [-0.05, 0) is 37.8 Å². The molecule has 30 heavy (non-hydrogen) atoms. The van der Waals surface area contributed by atoms with E-state index < -0.39 is 0 Å². The minimum atomic E-state index is 0. The second-order valence-corrected chi connectivity index (χ2v) is 10.3. The number of pyridine rings is 1. The fourth-order valence-electron chi connectivity index (χ4n) is 4.95. The number of hydrogen-bond acceptors (Lipinski definition) is 5. The van der Waals surface area contributed by atoms with Crippen molar-refractivity contribution in [1.82, 2.24) is 26.3 Å². The molecule has 4 rings (SSSR count). The molecule has 2 bridgehead atoms. The largest absolute Gasteiger partial charge is 0.311 e. The number of rotatable bonds is 0. The monoisotopic (exact) mass is 497 g/mol. The van der Waals surface area contributed by atoms with Gasteiger partial charge in [-0.3, -0.25) is 4.98 Å². The summed E-state index contributed by atoms with van der Waals surface area (Å²) in [6.07, 6.45) is 10.5. The van der Waals surface area contributed by atoms with Gasteiger partial charge in [-0.25, -0.2) is 0 Å². The van der Waals surface area contributed by atoms with E-state index in [1.807, 2.05) is 0 Å². The van der Waals surface area contributed by atoms with E-state index in [-0.39, 0.29) is 20.6 Å². The van der Waals surface area contributed by atoms with Gasteiger partial charge in [0, 0.05) is 50.3 Å². The van der Waals surface area contributed by atoms with Gasteiger partial charge in [-0.1, -0.05) is 31.7 Å². The Kier molecular flexibility index (Phi) is 13.2. The molecule has 0 saturated heterocycles. The van der Waals surface area contributed by atoms with Crippen LogP contribution in [0.5, 0.6) is 0 Å². The first-order valence-corrected chi connectivity index (χ1v) is 14.3. The van der Waals surface area contributed by atoms with Crippen molar-refractivity contribution in [2.45, 2.75) is 88.6 Å². The van der Waals surface area contributed by atoms with Crippen molar-refractivity contribution in [3.63, 3.8) is 0 Å². The molecule has 1 aromatic rings. The molecule has 0 radical (unpaired) electrons. The minimum absolute atomic E-state index is 0. The van der Waals surface area contributed by atoms with Crippen molar-refractivity contribution >= 4 is 20.2 Å². The normalized spacial score (nSPS) is 30.1. The molecule has 2 aliphatic carbocycles. The molecule has 173 valence electrons. The van der Waals surface area contributed by atoms with E-state index >= 15 is 0 Å². The Hall–Kier alpha value is 0.0895. The van der Waals surface area contributed by atoms with E-state index in [1.54, 1.807) is 0 Å². The third-order valence-corrected chi connectivity index (χ3v) is 6.43. The maximum absolute atomic E-state index is 4.89. The van der Waals surface area contributed by atoms with Crippen LogP contribution in [0.1, 0.15) is 62.8 Å². The second-order valence-electron chi connectivity index (χ2n) is 8.34. The Labute approximate surface area is 197 Å². The molecule has 5 nitrogen and oxygen atoms in total. The van der Waals surface area contributed by atoms with Gasteiger partial charge < -0.3 is 28.7 Å². The van der Waals surface area contributed by atoms with Crippen molar-refractivity contribution < 1.29 is 13.1 Å². The first kappa shape index (κ1) is 26.3. The van der Waals surface area contributed by atoms with E-state index in [0.717, 1.165) is 26.2 Å². The molecule has 0 aromatic carbocycles. The minimum Gasteiger partial charge on any atom is -0.311 e. The maximum atomic E-state index is 4.89. The van der Waals surface area contributed by atoms with Crippen LogP contribution in [0.4, 0.5) is 0 Å². The number of hydrogen-bond donors (Lipinski definition) is 4. The summed E-state index contributed by atoms with van der Waals surface area (Å²) in [5.41, 5.74) is 2.34. The Morgan fingerprint density at radius 2 is 1.07 bits per heavy atom. The van der Waals surface area contributed by atoms with Crippen LogP contribution in [0.3, 0.4) is 0 Å². The van der Waals surface area contributed by atoms with E-state index in [4.69, 9.17) is 25.2 Å². The summed E-state index contributed by atoms with van der Waals surface area (Å²) in [5.74, 6) is 0. The van der Waals surface area contributed by atoms with Gasteiger partial charge in [-0.15, -0.1) is 0 Å². The Morgan fingerprint density at radius 1 is 0.700 bits per heavy atom. The molecule has 0 amide bonds. The Bertz CT molecular complexity index is 549. The predicted molar refractivity (Wildman–Crippen MR) is 124 cm³/mol. The molecule has 2 heterocycles. The van der Waals surface area contributed by atoms with E-state index in [1.165, 1.54) is 62.8 Å². The SMILES string of the molecule is [CH3-].[Cl][Mn][Cl].c1cc2nc(c1)CN[C@@H]1CCCC[C@H]1NCCN[C@@H]1CCCC[C@H]1NC2. The standard InChI is InChI=1S/C21H35N5.CH3.2ClH.Mn/c1-3-10-20-18(8-1)22-12-13-23-19-9-2-4-11-21(19)25-15-17-7-5-6-16(26-17)14-24-20;;;;/h5-7,18-25H,1-4,8-15H2;1H3;2*1H;/q;-1;;;+2/p-2/t18-,19-,20-,21-;;;;/m1..../s1. The zero-order valence-electron chi connectivity index (χ0n) is 18.1. The van der Waals surface area contributed by atoms with Crippen LogP contribution < -0.4 is 21.3 Å². The quantitative estimate of drug-likeness (QED) is 0.323. The number of aromatic nitrogens is 1. The summed E-state index contributed by atoms with van der Waals surface area (Å²) in [7, 11) is 9.59. The maximum Gasteiger partial charge on any atom is 0.0545 e. The molecular weight excluding hydrogens is 460 g/mol. The number of fused-ring (bicyclic) bond motifs is 4. The molecular formula is C22H38Cl2MnN5-. The second kappa shape index (κ2) is 15.0. The van der Waals surface area contributed by atoms with E-state index in [2.05, 4.69) is 39.5 Å². The zero-order valence-corrected chi connectivity index (χ0v) is 20.8. The van der Waals surface area contributed by atoms with Crippen LogP contribution >= 0.6 is 20.2 Å². The first-order valence-electron chi connectivity index (χ1n) is 11.1. The van der Waals surface area contributed by atoms with Crippen molar-refractivity contribution in [3.05, 3.63) is 37.0 Å². The van der Waals surface area contributed by atoms with Crippen LogP contribution in [-0.2, 0) is 26.2 Å². The van der Waals surface area contributed by atoms with Gasteiger partial charge in [0.1, 0.15) is 0 Å². The van der Waals surface area contributed by atoms with Crippen LogP contribution in [0.2, 0.25) is 0 Å². The number of halogens is 2. The molecule has 1 aromatic heterocycles. The van der Waals surface area contributed by atoms with Crippen molar-refractivity contribution in [3.8, 4) is 0 Å². The number of nitrogens with zero attached hydrogens (tertiary/aromatic N) is 1. The smallest absolute Gasteiger partial charge is 0.0545 e. The topological polar surface area (TPSA) is 61.0 Å². The Balaban J connectivity index is 0.000000757.